The van der Waals surface area contributed by atoms with Crippen molar-refractivity contribution < 1.29 is 14.7 Å². The Bertz CT molecular complexity index is 669. The first-order valence-corrected chi connectivity index (χ1v) is 7.11. The third-order valence-electron chi connectivity index (χ3n) is 3.05. The topological polar surface area (TPSA) is 82.5 Å². The Labute approximate surface area is 126 Å². The second-order valence-corrected chi connectivity index (χ2v) is 5.34. The van der Waals surface area contributed by atoms with Gasteiger partial charge in [0.2, 0.25) is 0 Å². The van der Waals surface area contributed by atoms with Gasteiger partial charge in [-0.3, -0.25) is 4.90 Å². The Balaban J connectivity index is 2.09. The zero-order valence-electron chi connectivity index (χ0n) is 11.7. The van der Waals surface area contributed by atoms with Gasteiger partial charge >= 0.3 is 12.0 Å². The molecule has 2 N–H and O–H groups in total. The molecule has 1 aromatic heterocycles. The van der Waals surface area contributed by atoms with Crippen LogP contribution in [0.15, 0.2) is 29.8 Å². The molecule has 2 rings (SSSR count). The fourth-order valence-corrected chi connectivity index (χ4v) is 2.54. The summed E-state index contributed by atoms with van der Waals surface area (Å²) in [6.07, 6.45) is 0. The third-order valence-corrected chi connectivity index (χ3v) is 3.98. The van der Waals surface area contributed by atoms with E-state index in [0.29, 0.717) is 12.2 Å². The van der Waals surface area contributed by atoms with Crippen LogP contribution in [0.4, 0.5) is 10.5 Å². The molecule has 1 aromatic carbocycles. The summed E-state index contributed by atoms with van der Waals surface area (Å²) in [4.78, 5) is 29.7. The van der Waals surface area contributed by atoms with E-state index in [1.54, 1.807) is 23.7 Å². The van der Waals surface area contributed by atoms with Crippen LogP contribution in [0.1, 0.15) is 20.9 Å². The Morgan fingerprint density at radius 1 is 1.38 bits per heavy atom. The van der Waals surface area contributed by atoms with Gasteiger partial charge in [-0.1, -0.05) is 12.1 Å². The number of nitrogens with zero attached hydrogens (tertiary/aromatic N) is 2. The summed E-state index contributed by atoms with van der Waals surface area (Å²) >= 11 is 1.47. The lowest BCUT2D eigenvalue weighted by atomic mass is 10.1. The molecule has 7 heteroatoms. The third kappa shape index (κ3) is 3.38. The maximum Gasteiger partial charge on any atom is 0.337 e. The van der Waals surface area contributed by atoms with Crippen LogP contribution in [0.2, 0.25) is 0 Å². The average Bonchev–Trinajstić information content (AvgIpc) is 2.89. The number of aromatic carboxylic acids is 1. The maximum absolute atomic E-state index is 12.1. The highest BCUT2D eigenvalue weighted by Crippen LogP contribution is 2.19. The molecule has 0 radical (unpaired) electrons. The van der Waals surface area contributed by atoms with Crippen LogP contribution in [0, 0.1) is 6.92 Å². The molecule has 0 bridgehead atoms. The first-order chi connectivity index (χ1) is 10.0. The van der Waals surface area contributed by atoms with Gasteiger partial charge < -0.3 is 10.4 Å². The Kier molecular flexibility index (Phi) is 4.54. The number of aromatic nitrogens is 1. The Morgan fingerprint density at radius 3 is 2.71 bits per heavy atom. The van der Waals surface area contributed by atoms with Crippen LogP contribution in [0.25, 0.3) is 0 Å². The molecule has 0 atom stereocenters. The van der Waals surface area contributed by atoms with Gasteiger partial charge in [0.1, 0.15) is 0 Å². The Hall–Kier alpha value is -2.41. The zero-order valence-corrected chi connectivity index (χ0v) is 12.5. The van der Waals surface area contributed by atoms with Gasteiger partial charge in [0, 0.05) is 11.9 Å². The number of carboxylic acids is 1. The molecule has 2 aromatic rings. The lowest BCUT2D eigenvalue weighted by Crippen LogP contribution is -2.37. The molecule has 6 nitrogen and oxygen atoms in total. The number of hydrogen-bond acceptors (Lipinski definition) is 4. The van der Waals surface area contributed by atoms with Crippen LogP contribution in [-0.2, 0) is 6.54 Å². The molecule has 0 fully saturated rings. The molecular weight excluding hydrogens is 290 g/mol. The predicted molar refractivity (Wildman–Crippen MR) is 80.9 cm³/mol. The van der Waals surface area contributed by atoms with Crippen molar-refractivity contribution in [3.63, 3.8) is 0 Å². The first kappa shape index (κ1) is 15.0. The van der Waals surface area contributed by atoms with Crippen LogP contribution in [-0.4, -0.2) is 29.1 Å². The molecular formula is C14H15N3O3S. The maximum atomic E-state index is 12.1. The van der Waals surface area contributed by atoms with Gasteiger partial charge in [0.25, 0.3) is 0 Å². The second-order valence-electron chi connectivity index (χ2n) is 4.40. The van der Waals surface area contributed by atoms with E-state index >= 15 is 0 Å². The van der Waals surface area contributed by atoms with Crippen molar-refractivity contribution in [2.24, 2.45) is 0 Å². The van der Waals surface area contributed by atoms with Gasteiger partial charge in [-0.25, -0.2) is 14.6 Å². The predicted octanol–water partition coefficient (Wildman–Crippen LogP) is 2.50. The van der Waals surface area contributed by atoms with Gasteiger partial charge in [0.15, 0.2) is 0 Å². The number of carboxylic acid groups (broad SMARTS) is 1. The number of hydrogen-bond donors (Lipinski definition) is 2. The second kappa shape index (κ2) is 6.36. The highest BCUT2D eigenvalue weighted by molar-refractivity contribution is 7.09. The van der Waals surface area contributed by atoms with Crippen LogP contribution >= 0.6 is 11.3 Å². The molecule has 21 heavy (non-hydrogen) atoms. The van der Waals surface area contributed by atoms with Crippen LogP contribution < -0.4 is 10.2 Å². The molecule has 0 saturated heterocycles. The number of anilines is 1. The van der Waals surface area contributed by atoms with Crippen molar-refractivity contribution in [3.8, 4) is 0 Å². The SMILES string of the molecule is Cc1ncsc1CNC(=O)N(C)c1ccccc1C(=O)O. The molecule has 0 saturated carbocycles. The van der Waals surface area contributed by atoms with E-state index in [9.17, 15) is 9.59 Å². The van der Waals surface area contributed by atoms with Crippen molar-refractivity contribution in [1.82, 2.24) is 10.3 Å². The number of carbonyl (C=O) groups excluding carboxylic acids is 1. The fourth-order valence-electron chi connectivity index (χ4n) is 1.83. The fraction of sp³-hybridized carbons (Fsp3) is 0.214. The summed E-state index contributed by atoms with van der Waals surface area (Å²) in [6.45, 7) is 2.25. The number of benzene rings is 1. The van der Waals surface area contributed by atoms with E-state index in [4.69, 9.17) is 5.11 Å². The van der Waals surface area contributed by atoms with Crippen molar-refractivity contribution >= 4 is 29.0 Å². The van der Waals surface area contributed by atoms with Crippen molar-refractivity contribution in [3.05, 3.63) is 45.9 Å². The van der Waals surface area contributed by atoms with Crippen LogP contribution in [0.5, 0.6) is 0 Å². The average molecular weight is 305 g/mol. The van der Waals surface area contributed by atoms with Crippen LogP contribution in [0.3, 0.4) is 0 Å². The highest BCUT2D eigenvalue weighted by atomic mass is 32.1. The standard InChI is InChI=1S/C14H15N3O3S/c1-9-12(21-8-16-9)7-15-14(20)17(2)11-6-4-3-5-10(11)13(18)19/h3-6,8H,7H2,1-2H3,(H,15,20)(H,18,19). The summed E-state index contributed by atoms with van der Waals surface area (Å²) < 4.78 is 0. The van der Waals surface area contributed by atoms with Crippen molar-refractivity contribution in [2.75, 3.05) is 11.9 Å². The highest BCUT2D eigenvalue weighted by Gasteiger charge is 2.17. The largest absolute Gasteiger partial charge is 0.478 e. The molecule has 0 aliphatic carbocycles. The molecule has 0 unspecified atom stereocenters. The Morgan fingerprint density at radius 2 is 2.10 bits per heavy atom. The summed E-state index contributed by atoms with van der Waals surface area (Å²) in [6, 6.07) is 6.02. The minimum absolute atomic E-state index is 0.0871. The monoisotopic (exact) mass is 305 g/mol. The summed E-state index contributed by atoms with van der Waals surface area (Å²) in [5.41, 5.74) is 3.04. The number of para-hydroxylation sites is 1. The van der Waals surface area contributed by atoms with Gasteiger partial charge in [-0.15, -0.1) is 11.3 Å². The minimum atomic E-state index is -1.07. The number of urea groups is 1. The van der Waals surface area contributed by atoms with Crippen molar-refractivity contribution in [1.29, 1.82) is 0 Å². The van der Waals surface area contributed by atoms with E-state index in [1.807, 2.05) is 6.92 Å². The number of amides is 2. The van der Waals surface area contributed by atoms with E-state index < -0.39 is 5.97 Å². The molecule has 0 spiro atoms. The van der Waals surface area contributed by atoms with Gasteiger partial charge in [-0.2, -0.15) is 0 Å². The van der Waals surface area contributed by atoms with E-state index in [1.165, 1.54) is 29.4 Å². The summed E-state index contributed by atoms with van der Waals surface area (Å²) in [5.74, 6) is -1.07. The molecule has 0 aliphatic rings. The van der Waals surface area contributed by atoms with E-state index in [0.717, 1.165) is 10.6 Å². The number of nitrogens with one attached hydrogen (secondary N) is 1. The quantitative estimate of drug-likeness (QED) is 0.909. The number of carbonyl (C=O) groups is 2. The van der Waals surface area contributed by atoms with E-state index in [-0.39, 0.29) is 11.6 Å². The molecule has 0 aliphatic heterocycles. The molecule has 110 valence electrons. The van der Waals surface area contributed by atoms with Crippen molar-refractivity contribution in [2.45, 2.75) is 13.5 Å². The molecule has 1 heterocycles. The van der Waals surface area contributed by atoms with Gasteiger partial charge in [0.05, 0.1) is 29.0 Å². The normalized spacial score (nSPS) is 10.2. The molecule has 2 amide bonds. The summed E-state index contributed by atoms with van der Waals surface area (Å²) in [7, 11) is 1.54. The van der Waals surface area contributed by atoms with Gasteiger partial charge in [-0.05, 0) is 19.1 Å². The first-order valence-electron chi connectivity index (χ1n) is 6.23. The number of rotatable bonds is 4. The summed E-state index contributed by atoms with van der Waals surface area (Å²) in [5, 5.41) is 11.9. The number of thiazole rings is 1. The lowest BCUT2D eigenvalue weighted by Gasteiger charge is -2.19. The number of aryl methyl sites for hydroxylation is 1. The van der Waals surface area contributed by atoms with E-state index in [2.05, 4.69) is 10.3 Å². The lowest BCUT2D eigenvalue weighted by molar-refractivity contribution is 0.0697. The minimum Gasteiger partial charge on any atom is -0.478 e. The zero-order chi connectivity index (χ0) is 15.4. The smallest absolute Gasteiger partial charge is 0.337 e.